The highest BCUT2D eigenvalue weighted by molar-refractivity contribution is 9.10. The molecule has 0 saturated heterocycles. The summed E-state index contributed by atoms with van der Waals surface area (Å²) < 4.78 is 21.5. The smallest absolute Gasteiger partial charge is 0.208 e. The van der Waals surface area contributed by atoms with E-state index in [2.05, 4.69) is 31.0 Å². The average Bonchev–Trinajstić information content (AvgIpc) is 2.82. The fourth-order valence-corrected chi connectivity index (χ4v) is 2.21. The molecule has 8 heteroatoms. The van der Waals surface area contributed by atoms with Crippen LogP contribution in [0.25, 0.3) is 11.5 Å². The summed E-state index contributed by atoms with van der Waals surface area (Å²) in [4.78, 5) is 8.36. The van der Waals surface area contributed by atoms with Crippen LogP contribution >= 0.6 is 27.7 Å². The minimum Gasteiger partial charge on any atom is -0.359 e. The van der Waals surface area contributed by atoms with E-state index in [4.69, 9.17) is 4.74 Å². The molecule has 0 bridgehead atoms. The van der Waals surface area contributed by atoms with Crippen molar-refractivity contribution < 1.29 is 9.13 Å². The van der Waals surface area contributed by atoms with Gasteiger partial charge in [-0.3, -0.25) is 0 Å². The van der Waals surface area contributed by atoms with E-state index in [-0.39, 0.29) is 12.4 Å². The van der Waals surface area contributed by atoms with Crippen LogP contribution in [0, 0.1) is 5.82 Å². The van der Waals surface area contributed by atoms with Crippen LogP contribution in [0.5, 0.6) is 0 Å². The number of thioether (sulfide) groups is 1. The van der Waals surface area contributed by atoms with Crippen LogP contribution < -0.4 is 0 Å². The maximum atomic E-state index is 14.0. The minimum atomic E-state index is -0.448. The van der Waals surface area contributed by atoms with E-state index in [9.17, 15) is 4.39 Å². The normalized spacial score (nSPS) is 11.0. The zero-order valence-electron chi connectivity index (χ0n) is 11.1. The molecular formula is C12H14BrFN4OS. The molecule has 0 unspecified atom stereocenters. The van der Waals surface area contributed by atoms with E-state index < -0.39 is 5.82 Å². The summed E-state index contributed by atoms with van der Waals surface area (Å²) >= 11 is 4.57. The van der Waals surface area contributed by atoms with Gasteiger partial charge in [-0.15, -0.1) is 5.10 Å². The Balaban J connectivity index is 2.35. The zero-order valence-corrected chi connectivity index (χ0v) is 13.5. The molecule has 0 aromatic carbocycles. The molecule has 0 aliphatic rings. The Morgan fingerprint density at radius 1 is 1.50 bits per heavy atom. The number of hydrogen-bond acceptors (Lipinski definition) is 5. The maximum absolute atomic E-state index is 14.0. The number of ether oxygens (including phenoxy) is 1. The Morgan fingerprint density at radius 3 is 2.95 bits per heavy atom. The molecule has 2 rings (SSSR count). The quantitative estimate of drug-likeness (QED) is 0.584. The van der Waals surface area contributed by atoms with Crippen LogP contribution in [0.4, 0.5) is 4.39 Å². The summed E-state index contributed by atoms with van der Waals surface area (Å²) in [6.45, 7) is 2.86. The molecule has 2 aromatic heterocycles. The Kier molecular flexibility index (Phi) is 5.50. The van der Waals surface area contributed by atoms with Crippen molar-refractivity contribution in [3.05, 3.63) is 22.6 Å². The van der Waals surface area contributed by atoms with Crippen molar-refractivity contribution in [1.82, 2.24) is 19.7 Å². The van der Waals surface area contributed by atoms with Gasteiger partial charge >= 0.3 is 0 Å². The van der Waals surface area contributed by atoms with Crippen LogP contribution in [0.1, 0.15) is 13.3 Å². The second kappa shape index (κ2) is 7.14. The Hall–Kier alpha value is -0.990. The molecule has 0 amide bonds. The number of hydrogen-bond donors (Lipinski definition) is 0. The van der Waals surface area contributed by atoms with E-state index in [1.807, 2.05) is 13.2 Å². The van der Waals surface area contributed by atoms with Crippen LogP contribution in [0.2, 0.25) is 0 Å². The van der Waals surface area contributed by atoms with Crippen molar-refractivity contribution in [3.63, 3.8) is 0 Å². The molecule has 0 radical (unpaired) electrons. The minimum absolute atomic E-state index is 0.168. The third kappa shape index (κ3) is 3.56. The summed E-state index contributed by atoms with van der Waals surface area (Å²) in [6.07, 6.45) is 4.30. The highest BCUT2D eigenvalue weighted by Gasteiger charge is 2.17. The number of pyridine rings is 1. The van der Waals surface area contributed by atoms with Gasteiger partial charge in [0.15, 0.2) is 11.6 Å². The van der Waals surface area contributed by atoms with E-state index in [0.29, 0.717) is 22.1 Å². The van der Waals surface area contributed by atoms with Gasteiger partial charge in [0.25, 0.3) is 0 Å². The summed E-state index contributed by atoms with van der Waals surface area (Å²) in [7, 11) is 0. The topological polar surface area (TPSA) is 52.8 Å². The Labute approximate surface area is 129 Å². The molecule has 0 N–H and O–H groups in total. The van der Waals surface area contributed by atoms with E-state index in [0.717, 1.165) is 6.42 Å². The van der Waals surface area contributed by atoms with Crippen LogP contribution in [-0.2, 0) is 11.5 Å². The highest BCUT2D eigenvalue weighted by atomic mass is 79.9. The predicted molar refractivity (Wildman–Crippen MR) is 78.9 cm³/mol. The first kappa shape index (κ1) is 15.4. The molecule has 5 nitrogen and oxygen atoms in total. The van der Waals surface area contributed by atoms with Gasteiger partial charge in [0.2, 0.25) is 5.16 Å². The van der Waals surface area contributed by atoms with Crippen molar-refractivity contribution in [3.8, 4) is 11.5 Å². The zero-order chi connectivity index (χ0) is 14.5. The Bertz CT molecular complexity index is 593. The van der Waals surface area contributed by atoms with Crippen molar-refractivity contribution in [1.29, 1.82) is 0 Å². The molecule has 0 spiro atoms. The lowest BCUT2D eigenvalue weighted by Crippen LogP contribution is -2.08. The largest absolute Gasteiger partial charge is 0.359 e. The molecule has 0 fully saturated rings. The molecule has 0 aliphatic heterocycles. The van der Waals surface area contributed by atoms with Gasteiger partial charge in [0.05, 0.1) is 0 Å². The van der Waals surface area contributed by atoms with Crippen LogP contribution in [0.3, 0.4) is 0 Å². The summed E-state index contributed by atoms with van der Waals surface area (Å²) in [6, 6.07) is 1.35. The molecule has 2 aromatic rings. The number of aromatic nitrogens is 4. The van der Waals surface area contributed by atoms with Crippen LogP contribution in [0.15, 0.2) is 21.9 Å². The van der Waals surface area contributed by atoms with Gasteiger partial charge < -0.3 is 4.74 Å². The summed E-state index contributed by atoms with van der Waals surface area (Å²) in [5.41, 5.74) is 0.168. The average molecular weight is 361 g/mol. The van der Waals surface area contributed by atoms with Gasteiger partial charge in [0, 0.05) is 17.3 Å². The second-order valence-corrected chi connectivity index (χ2v) is 5.63. The third-order valence-electron chi connectivity index (χ3n) is 2.42. The summed E-state index contributed by atoms with van der Waals surface area (Å²) in [5, 5.41) is 4.83. The lowest BCUT2D eigenvalue weighted by molar-refractivity contribution is 0.0696. The molecule has 2 heterocycles. The SMILES string of the molecule is CCCOCn1nc(SC)nc1-c1ncc(Br)cc1F. The van der Waals surface area contributed by atoms with Crippen LogP contribution in [-0.4, -0.2) is 32.6 Å². The predicted octanol–water partition coefficient (Wildman–Crippen LogP) is 3.35. The first-order chi connectivity index (χ1) is 9.65. The first-order valence-corrected chi connectivity index (χ1v) is 8.05. The van der Waals surface area contributed by atoms with Crippen molar-refractivity contribution in [2.24, 2.45) is 0 Å². The lowest BCUT2D eigenvalue weighted by atomic mass is 10.3. The molecule has 20 heavy (non-hydrogen) atoms. The Morgan fingerprint density at radius 2 is 2.30 bits per heavy atom. The van der Waals surface area contributed by atoms with Crippen molar-refractivity contribution >= 4 is 27.7 Å². The van der Waals surface area contributed by atoms with Gasteiger partial charge in [0.1, 0.15) is 12.4 Å². The fourth-order valence-electron chi connectivity index (χ4n) is 1.55. The molecule has 108 valence electrons. The first-order valence-electron chi connectivity index (χ1n) is 6.03. The molecule has 0 atom stereocenters. The number of rotatable bonds is 6. The lowest BCUT2D eigenvalue weighted by Gasteiger charge is -2.06. The van der Waals surface area contributed by atoms with E-state index >= 15 is 0 Å². The molecule has 0 aliphatic carbocycles. The summed E-state index contributed by atoms with van der Waals surface area (Å²) in [5.74, 6) is -0.0772. The second-order valence-electron chi connectivity index (χ2n) is 3.94. The standard InChI is InChI=1S/C12H14BrFN4OS/c1-3-4-19-7-18-11(16-12(17-18)20-2)10-9(14)5-8(13)6-15-10/h5-6H,3-4,7H2,1-2H3. The van der Waals surface area contributed by atoms with Crippen molar-refractivity contribution in [2.45, 2.75) is 25.2 Å². The van der Waals surface area contributed by atoms with Gasteiger partial charge in [-0.2, -0.15) is 4.98 Å². The van der Waals surface area contributed by atoms with Gasteiger partial charge in [-0.25, -0.2) is 14.1 Å². The maximum Gasteiger partial charge on any atom is 0.208 e. The highest BCUT2D eigenvalue weighted by Crippen LogP contribution is 2.23. The van der Waals surface area contributed by atoms with Gasteiger partial charge in [-0.05, 0) is 34.7 Å². The van der Waals surface area contributed by atoms with E-state index in [1.54, 1.807) is 0 Å². The molecule has 0 saturated carbocycles. The van der Waals surface area contributed by atoms with Crippen molar-refractivity contribution in [2.75, 3.05) is 12.9 Å². The number of halogens is 2. The fraction of sp³-hybridized carbons (Fsp3) is 0.417. The number of nitrogens with zero attached hydrogens (tertiary/aromatic N) is 4. The monoisotopic (exact) mass is 360 g/mol. The van der Waals surface area contributed by atoms with Gasteiger partial charge in [-0.1, -0.05) is 18.7 Å². The third-order valence-corrected chi connectivity index (χ3v) is 3.39. The molecular weight excluding hydrogens is 347 g/mol. The van der Waals surface area contributed by atoms with E-state index in [1.165, 1.54) is 28.7 Å².